The van der Waals surface area contributed by atoms with Gasteiger partial charge in [-0.1, -0.05) is 13.3 Å². The van der Waals surface area contributed by atoms with Crippen molar-refractivity contribution < 1.29 is 5.11 Å². The number of aliphatic hydroxyl groups is 1. The first-order chi connectivity index (χ1) is 6.68. The van der Waals surface area contributed by atoms with E-state index in [1.54, 1.807) is 10.9 Å². The molecule has 1 heterocycles. The molecule has 1 saturated carbocycles. The minimum absolute atomic E-state index is 0.326. The molecule has 1 fully saturated rings. The summed E-state index contributed by atoms with van der Waals surface area (Å²) in [5.41, 5.74) is 0.948. The zero-order valence-electron chi connectivity index (χ0n) is 8.85. The quantitative estimate of drug-likeness (QED) is 0.780. The molecule has 2 rings (SSSR count). The van der Waals surface area contributed by atoms with Gasteiger partial charge in [-0.3, -0.25) is 4.68 Å². The Balaban J connectivity index is 2.09. The number of aromatic nitrogens is 2. The fraction of sp³-hybridized carbons (Fsp3) is 0.727. The summed E-state index contributed by atoms with van der Waals surface area (Å²) in [5, 5.41) is 14.2. The number of nitrogens with zero attached hydrogens (tertiary/aromatic N) is 2. The van der Waals surface area contributed by atoms with Crippen LogP contribution >= 0.6 is 0 Å². The molecule has 0 bridgehead atoms. The van der Waals surface area contributed by atoms with E-state index in [4.69, 9.17) is 0 Å². The molecule has 1 aliphatic carbocycles. The average molecular weight is 194 g/mol. The molecule has 3 heteroatoms. The van der Waals surface area contributed by atoms with Crippen molar-refractivity contribution in [2.45, 2.75) is 32.3 Å². The number of hydrogen-bond acceptors (Lipinski definition) is 2. The van der Waals surface area contributed by atoms with E-state index in [0.29, 0.717) is 5.92 Å². The maximum atomic E-state index is 10.1. The van der Waals surface area contributed by atoms with Crippen LogP contribution in [0.3, 0.4) is 0 Å². The monoisotopic (exact) mass is 194 g/mol. The Morgan fingerprint density at radius 2 is 2.36 bits per heavy atom. The van der Waals surface area contributed by atoms with Crippen LogP contribution in [0, 0.1) is 11.8 Å². The SMILES string of the molecule is CC1CCC(C(O)c2ccnn2C)C1. The Bertz CT molecular complexity index is 308. The third kappa shape index (κ3) is 1.69. The summed E-state index contributed by atoms with van der Waals surface area (Å²) in [6.07, 6.45) is 4.96. The summed E-state index contributed by atoms with van der Waals surface area (Å²) in [6, 6.07) is 1.91. The first kappa shape index (κ1) is 9.71. The lowest BCUT2D eigenvalue weighted by molar-refractivity contribution is 0.101. The summed E-state index contributed by atoms with van der Waals surface area (Å²) >= 11 is 0. The second-order valence-corrected chi connectivity index (χ2v) is 4.50. The number of hydrogen-bond donors (Lipinski definition) is 1. The van der Waals surface area contributed by atoms with Crippen LogP contribution in [0.1, 0.15) is 38.0 Å². The lowest BCUT2D eigenvalue weighted by Gasteiger charge is -2.17. The Morgan fingerprint density at radius 1 is 1.57 bits per heavy atom. The van der Waals surface area contributed by atoms with Gasteiger partial charge in [0.05, 0.1) is 11.8 Å². The Hall–Kier alpha value is -0.830. The zero-order valence-corrected chi connectivity index (χ0v) is 8.85. The van der Waals surface area contributed by atoms with E-state index in [-0.39, 0.29) is 6.10 Å². The molecule has 78 valence electrons. The molecule has 0 aromatic carbocycles. The van der Waals surface area contributed by atoms with Gasteiger partial charge in [0.25, 0.3) is 0 Å². The topological polar surface area (TPSA) is 38.1 Å². The summed E-state index contributed by atoms with van der Waals surface area (Å²) in [6.45, 7) is 2.26. The van der Waals surface area contributed by atoms with Crippen molar-refractivity contribution in [2.75, 3.05) is 0 Å². The van der Waals surface area contributed by atoms with Gasteiger partial charge in [-0.15, -0.1) is 0 Å². The van der Waals surface area contributed by atoms with E-state index >= 15 is 0 Å². The lowest BCUT2D eigenvalue weighted by Crippen LogP contribution is -2.13. The van der Waals surface area contributed by atoms with E-state index in [2.05, 4.69) is 12.0 Å². The van der Waals surface area contributed by atoms with Gasteiger partial charge < -0.3 is 5.11 Å². The van der Waals surface area contributed by atoms with Crippen molar-refractivity contribution in [1.82, 2.24) is 9.78 Å². The van der Waals surface area contributed by atoms with E-state index in [1.807, 2.05) is 13.1 Å². The van der Waals surface area contributed by atoms with Gasteiger partial charge in [-0.25, -0.2) is 0 Å². The highest BCUT2D eigenvalue weighted by molar-refractivity contribution is 5.06. The molecule has 1 aromatic rings. The molecule has 0 radical (unpaired) electrons. The Kier molecular flexibility index (Phi) is 2.59. The van der Waals surface area contributed by atoms with Gasteiger partial charge in [-0.05, 0) is 30.7 Å². The van der Waals surface area contributed by atoms with Crippen molar-refractivity contribution in [3.63, 3.8) is 0 Å². The molecule has 0 saturated heterocycles. The molecule has 0 spiro atoms. The largest absolute Gasteiger partial charge is 0.387 e. The molecule has 0 aliphatic heterocycles. The molecular formula is C11H18N2O. The van der Waals surface area contributed by atoms with Crippen LogP contribution in [0.5, 0.6) is 0 Å². The molecule has 3 atom stereocenters. The fourth-order valence-electron chi connectivity index (χ4n) is 2.45. The first-order valence-electron chi connectivity index (χ1n) is 5.34. The highest BCUT2D eigenvalue weighted by atomic mass is 16.3. The van der Waals surface area contributed by atoms with Crippen molar-refractivity contribution in [3.8, 4) is 0 Å². The number of rotatable bonds is 2. The normalized spacial score (nSPS) is 29.4. The van der Waals surface area contributed by atoms with E-state index in [1.165, 1.54) is 6.42 Å². The zero-order chi connectivity index (χ0) is 10.1. The molecular weight excluding hydrogens is 176 g/mol. The summed E-state index contributed by atoms with van der Waals surface area (Å²) in [7, 11) is 1.89. The van der Waals surface area contributed by atoms with Gasteiger partial charge in [0, 0.05) is 13.2 Å². The summed E-state index contributed by atoms with van der Waals surface area (Å²) in [5.74, 6) is 1.20. The number of aryl methyl sites for hydroxylation is 1. The third-order valence-electron chi connectivity index (χ3n) is 3.34. The minimum Gasteiger partial charge on any atom is -0.387 e. The van der Waals surface area contributed by atoms with Crippen LogP contribution < -0.4 is 0 Å². The maximum Gasteiger partial charge on any atom is 0.0984 e. The van der Waals surface area contributed by atoms with Gasteiger partial charge >= 0.3 is 0 Å². The summed E-state index contributed by atoms with van der Waals surface area (Å²) in [4.78, 5) is 0. The van der Waals surface area contributed by atoms with Gasteiger partial charge in [0.2, 0.25) is 0 Å². The highest BCUT2D eigenvalue weighted by Gasteiger charge is 2.29. The molecule has 1 aromatic heterocycles. The molecule has 1 aliphatic rings. The molecule has 0 amide bonds. The maximum absolute atomic E-state index is 10.1. The van der Waals surface area contributed by atoms with Crippen LogP contribution in [0.25, 0.3) is 0 Å². The van der Waals surface area contributed by atoms with Crippen molar-refractivity contribution in [2.24, 2.45) is 18.9 Å². The standard InChI is InChI=1S/C11H18N2O/c1-8-3-4-9(7-8)11(14)10-5-6-12-13(10)2/h5-6,8-9,11,14H,3-4,7H2,1-2H3. The van der Waals surface area contributed by atoms with E-state index in [9.17, 15) is 5.11 Å². The van der Waals surface area contributed by atoms with Crippen LogP contribution in [0.2, 0.25) is 0 Å². The lowest BCUT2D eigenvalue weighted by atomic mass is 9.97. The Morgan fingerprint density at radius 3 is 2.86 bits per heavy atom. The molecule has 14 heavy (non-hydrogen) atoms. The highest BCUT2D eigenvalue weighted by Crippen LogP contribution is 2.38. The average Bonchev–Trinajstić information content (AvgIpc) is 2.73. The van der Waals surface area contributed by atoms with Crippen molar-refractivity contribution >= 4 is 0 Å². The van der Waals surface area contributed by atoms with Crippen molar-refractivity contribution in [3.05, 3.63) is 18.0 Å². The Labute approximate surface area is 84.7 Å². The van der Waals surface area contributed by atoms with Crippen LogP contribution in [-0.2, 0) is 7.05 Å². The smallest absolute Gasteiger partial charge is 0.0984 e. The molecule has 3 unspecified atom stereocenters. The molecule has 3 nitrogen and oxygen atoms in total. The van der Waals surface area contributed by atoms with Gasteiger partial charge in [-0.2, -0.15) is 5.10 Å². The molecule has 1 N–H and O–H groups in total. The predicted octanol–water partition coefficient (Wildman–Crippen LogP) is 1.89. The predicted molar refractivity (Wildman–Crippen MR) is 54.7 cm³/mol. The first-order valence-corrected chi connectivity index (χ1v) is 5.34. The van der Waals surface area contributed by atoms with E-state index in [0.717, 1.165) is 24.5 Å². The van der Waals surface area contributed by atoms with E-state index < -0.39 is 0 Å². The summed E-state index contributed by atoms with van der Waals surface area (Å²) < 4.78 is 1.77. The van der Waals surface area contributed by atoms with Crippen LogP contribution in [0.15, 0.2) is 12.3 Å². The van der Waals surface area contributed by atoms with Gasteiger partial charge in [0.15, 0.2) is 0 Å². The van der Waals surface area contributed by atoms with Crippen LogP contribution in [-0.4, -0.2) is 14.9 Å². The van der Waals surface area contributed by atoms with Gasteiger partial charge in [0.1, 0.15) is 0 Å². The number of aliphatic hydroxyl groups excluding tert-OH is 1. The second kappa shape index (κ2) is 3.73. The van der Waals surface area contributed by atoms with Crippen molar-refractivity contribution in [1.29, 1.82) is 0 Å². The fourth-order valence-corrected chi connectivity index (χ4v) is 2.45. The third-order valence-corrected chi connectivity index (χ3v) is 3.34. The minimum atomic E-state index is -0.326. The second-order valence-electron chi connectivity index (χ2n) is 4.50. The van der Waals surface area contributed by atoms with Crippen LogP contribution in [0.4, 0.5) is 0 Å².